The first-order chi connectivity index (χ1) is 13.8. The molecule has 1 aliphatic rings. The Labute approximate surface area is 174 Å². The van der Waals surface area contributed by atoms with E-state index in [1.807, 2.05) is 0 Å². The Kier molecular flexibility index (Phi) is 6.77. The molecule has 1 unspecified atom stereocenters. The third-order valence-electron chi connectivity index (χ3n) is 4.78. The number of hydrogen-bond acceptors (Lipinski definition) is 5. The number of methoxy groups -OCH3 is 1. The van der Waals surface area contributed by atoms with Gasteiger partial charge in [-0.3, -0.25) is 4.79 Å². The van der Waals surface area contributed by atoms with Crippen LogP contribution >= 0.6 is 11.6 Å². The van der Waals surface area contributed by atoms with Crippen molar-refractivity contribution in [1.82, 2.24) is 4.31 Å². The van der Waals surface area contributed by atoms with E-state index in [0.717, 1.165) is 12.1 Å². The minimum Gasteiger partial charge on any atom is -0.496 e. The van der Waals surface area contributed by atoms with Crippen LogP contribution in [0.4, 0.5) is 4.39 Å². The lowest BCUT2D eigenvalue weighted by Gasteiger charge is -2.30. The normalized spacial score (nSPS) is 17.7. The van der Waals surface area contributed by atoms with Crippen molar-refractivity contribution in [2.24, 2.45) is 5.92 Å². The fraction of sp³-hybridized carbons (Fsp3) is 0.350. The smallest absolute Gasteiger partial charge is 0.310 e. The van der Waals surface area contributed by atoms with E-state index < -0.39 is 27.7 Å². The molecule has 2 aromatic rings. The Morgan fingerprint density at radius 1 is 1.24 bits per heavy atom. The highest BCUT2D eigenvalue weighted by Gasteiger charge is 2.34. The van der Waals surface area contributed by atoms with Crippen molar-refractivity contribution in [1.29, 1.82) is 0 Å². The van der Waals surface area contributed by atoms with Crippen molar-refractivity contribution in [2.75, 3.05) is 20.2 Å². The Bertz CT molecular complexity index is 981. The second-order valence-electron chi connectivity index (χ2n) is 6.72. The van der Waals surface area contributed by atoms with Gasteiger partial charge >= 0.3 is 5.97 Å². The molecule has 0 bridgehead atoms. The molecule has 9 heteroatoms. The molecule has 1 aliphatic heterocycles. The Morgan fingerprint density at radius 2 is 1.97 bits per heavy atom. The third-order valence-corrected chi connectivity index (χ3v) is 6.90. The highest BCUT2D eigenvalue weighted by Crippen LogP contribution is 2.27. The summed E-state index contributed by atoms with van der Waals surface area (Å²) in [5, 5.41) is 0.492. The summed E-state index contributed by atoms with van der Waals surface area (Å²) in [6, 6.07) is 9.64. The van der Waals surface area contributed by atoms with Gasteiger partial charge in [-0.1, -0.05) is 11.6 Å². The molecular formula is C20H21ClFNO5S. The first kappa shape index (κ1) is 21.5. The van der Waals surface area contributed by atoms with Gasteiger partial charge in [0.2, 0.25) is 10.0 Å². The molecule has 0 saturated carbocycles. The van der Waals surface area contributed by atoms with Crippen LogP contribution in [0.3, 0.4) is 0 Å². The quantitative estimate of drug-likeness (QED) is 0.640. The topological polar surface area (TPSA) is 72.9 Å². The van der Waals surface area contributed by atoms with Gasteiger partial charge in [0.1, 0.15) is 18.2 Å². The second-order valence-corrected chi connectivity index (χ2v) is 9.09. The van der Waals surface area contributed by atoms with E-state index in [4.69, 9.17) is 21.1 Å². The van der Waals surface area contributed by atoms with Crippen LogP contribution in [0.25, 0.3) is 0 Å². The molecule has 156 valence electrons. The van der Waals surface area contributed by atoms with Crippen molar-refractivity contribution >= 4 is 27.6 Å². The maximum Gasteiger partial charge on any atom is 0.310 e. The lowest BCUT2D eigenvalue weighted by Crippen LogP contribution is -2.42. The monoisotopic (exact) mass is 441 g/mol. The number of halogens is 2. The molecule has 3 rings (SSSR count). The van der Waals surface area contributed by atoms with Gasteiger partial charge < -0.3 is 9.47 Å². The molecule has 0 N–H and O–H groups in total. The fourth-order valence-electron chi connectivity index (χ4n) is 3.24. The summed E-state index contributed by atoms with van der Waals surface area (Å²) in [6.45, 7) is 0.292. The minimum atomic E-state index is -3.81. The van der Waals surface area contributed by atoms with E-state index in [1.54, 1.807) is 18.2 Å². The van der Waals surface area contributed by atoms with Gasteiger partial charge in [0.15, 0.2) is 0 Å². The van der Waals surface area contributed by atoms with Gasteiger partial charge in [-0.25, -0.2) is 12.8 Å². The fourth-order valence-corrected chi connectivity index (χ4v) is 4.95. The number of hydrogen-bond donors (Lipinski definition) is 0. The SMILES string of the molecule is COc1ccc(Cl)cc1COC(=O)C1CCCN(S(=O)(=O)c2ccc(F)cc2)C1. The number of piperidine rings is 1. The highest BCUT2D eigenvalue weighted by atomic mass is 35.5. The lowest BCUT2D eigenvalue weighted by molar-refractivity contribution is -0.151. The molecule has 0 spiro atoms. The zero-order valence-corrected chi connectivity index (χ0v) is 17.4. The number of benzene rings is 2. The minimum absolute atomic E-state index is 0.00317. The number of carbonyl (C=O) groups excluding carboxylic acids is 1. The zero-order valence-electron chi connectivity index (χ0n) is 15.8. The Morgan fingerprint density at radius 3 is 2.66 bits per heavy atom. The van der Waals surface area contributed by atoms with Crippen LogP contribution < -0.4 is 4.74 Å². The molecule has 0 amide bonds. The Hall–Kier alpha value is -2.16. The van der Waals surface area contributed by atoms with E-state index in [2.05, 4.69) is 0 Å². The van der Waals surface area contributed by atoms with Crippen molar-refractivity contribution in [3.05, 3.63) is 58.9 Å². The molecular weight excluding hydrogens is 421 g/mol. The molecule has 0 aromatic heterocycles. The number of nitrogens with zero attached hydrogens (tertiary/aromatic N) is 1. The number of ether oxygens (including phenoxy) is 2. The summed E-state index contributed by atoms with van der Waals surface area (Å²) < 4.78 is 50.6. The van der Waals surface area contributed by atoms with Gasteiger partial charge in [0, 0.05) is 23.7 Å². The van der Waals surface area contributed by atoms with Crippen molar-refractivity contribution in [3.8, 4) is 5.75 Å². The summed E-state index contributed by atoms with van der Waals surface area (Å²) in [5.74, 6) is -1.03. The molecule has 1 atom stereocenters. The molecule has 0 aliphatic carbocycles. The van der Waals surface area contributed by atoms with Crippen molar-refractivity contribution in [2.45, 2.75) is 24.3 Å². The van der Waals surface area contributed by atoms with Crippen molar-refractivity contribution in [3.63, 3.8) is 0 Å². The zero-order chi connectivity index (χ0) is 21.0. The molecule has 1 fully saturated rings. The summed E-state index contributed by atoms with van der Waals surface area (Å²) in [6.07, 6.45) is 1.06. The summed E-state index contributed by atoms with van der Waals surface area (Å²) in [4.78, 5) is 12.5. The first-order valence-corrected chi connectivity index (χ1v) is 10.9. The van der Waals surface area contributed by atoms with Crippen LogP contribution in [0.2, 0.25) is 5.02 Å². The van der Waals surface area contributed by atoms with Crippen LogP contribution in [-0.2, 0) is 26.2 Å². The largest absolute Gasteiger partial charge is 0.496 e. The number of carbonyl (C=O) groups is 1. The Balaban J connectivity index is 1.66. The van der Waals surface area contributed by atoms with Gasteiger partial charge in [0.05, 0.1) is 17.9 Å². The lowest BCUT2D eigenvalue weighted by atomic mass is 10.00. The van der Waals surface area contributed by atoms with Crippen LogP contribution in [0.5, 0.6) is 5.75 Å². The van der Waals surface area contributed by atoms with E-state index >= 15 is 0 Å². The molecule has 1 saturated heterocycles. The molecule has 6 nitrogen and oxygen atoms in total. The maximum atomic E-state index is 13.1. The predicted molar refractivity (Wildman–Crippen MR) is 106 cm³/mol. The van der Waals surface area contributed by atoms with E-state index in [1.165, 1.54) is 23.5 Å². The second kappa shape index (κ2) is 9.11. The average Bonchev–Trinajstić information content (AvgIpc) is 2.72. The van der Waals surface area contributed by atoms with Crippen molar-refractivity contribution < 1.29 is 27.1 Å². The van der Waals surface area contributed by atoms with Gasteiger partial charge in [-0.15, -0.1) is 0 Å². The standard InChI is InChI=1S/C20H21ClFNO5S/c1-27-19-9-4-16(21)11-15(19)13-28-20(24)14-3-2-10-23(12-14)29(25,26)18-7-5-17(22)6-8-18/h4-9,11,14H,2-3,10,12-13H2,1H3. The molecule has 0 radical (unpaired) electrons. The average molecular weight is 442 g/mol. The van der Waals surface area contributed by atoms with Gasteiger partial charge in [-0.05, 0) is 55.3 Å². The number of rotatable bonds is 6. The van der Waals surface area contributed by atoms with E-state index in [-0.39, 0.29) is 18.0 Å². The van der Waals surface area contributed by atoms with Crippen LogP contribution in [0.15, 0.2) is 47.4 Å². The van der Waals surface area contributed by atoms with E-state index in [0.29, 0.717) is 35.7 Å². The highest BCUT2D eigenvalue weighted by molar-refractivity contribution is 7.89. The van der Waals surface area contributed by atoms with Gasteiger partial charge in [-0.2, -0.15) is 4.31 Å². The van der Waals surface area contributed by atoms with Gasteiger partial charge in [0.25, 0.3) is 0 Å². The molecule has 2 aromatic carbocycles. The first-order valence-electron chi connectivity index (χ1n) is 9.06. The van der Waals surface area contributed by atoms with E-state index in [9.17, 15) is 17.6 Å². The third kappa shape index (κ3) is 5.07. The molecule has 1 heterocycles. The summed E-state index contributed by atoms with van der Waals surface area (Å²) in [5.41, 5.74) is 0.625. The predicted octanol–water partition coefficient (Wildman–Crippen LogP) is 3.63. The summed E-state index contributed by atoms with van der Waals surface area (Å²) in [7, 11) is -2.30. The van der Waals surface area contributed by atoms with Crippen LogP contribution in [0.1, 0.15) is 18.4 Å². The molecule has 29 heavy (non-hydrogen) atoms. The number of esters is 1. The summed E-state index contributed by atoms with van der Waals surface area (Å²) >= 11 is 5.98. The van der Waals surface area contributed by atoms with Crippen LogP contribution in [0, 0.1) is 11.7 Å². The van der Waals surface area contributed by atoms with Crippen LogP contribution in [-0.4, -0.2) is 38.9 Å². The maximum absolute atomic E-state index is 13.1. The number of sulfonamides is 1.